The molecular weight excluding hydrogens is 425 g/mol. The Kier molecular flexibility index (Phi) is 5.27. The number of primary amides is 1. The minimum atomic E-state index is -4.57. The van der Waals surface area contributed by atoms with Crippen molar-refractivity contribution >= 4 is 23.1 Å². The van der Waals surface area contributed by atoms with E-state index in [1.165, 1.54) is 18.3 Å². The lowest BCUT2D eigenvalue weighted by Gasteiger charge is -2.10. The molecule has 32 heavy (non-hydrogen) atoms. The molecule has 0 spiro atoms. The summed E-state index contributed by atoms with van der Waals surface area (Å²) in [7, 11) is 0. The average Bonchev–Trinajstić information content (AvgIpc) is 3.19. The van der Waals surface area contributed by atoms with E-state index < -0.39 is 23.7 Å². The van der Waals surface area contributed by atoms with Crippen molar-refractivity contribution in [3.63, 3.8) is 0 Å². The number of nitrogens with zero attached hydrogens (tertiary/aromatic N) is 2. The smallest absolute Gasteiger partial charge is 0.434 e. The van der Waals surface area contributed by atoms with Gasteiger partial charge >= 0.3 is 6.18 Å². The summed E-state index contributed by atoms with van der Waals surface area (Å²) in [5.74, 6) is -0.427. The van der Waals surface area contributed by atoms with Crippen LogP contribution in [0.15, 0.2) is 73.1 Å². The number of amides is 2. The van der Waals surface area contributed by atoms with Crippen molar-refractivity contribution < 1.29 is 27.5 Å². The van der Waals surface area contributed by atoms with Gasteiger partial charge in [-0.15, -0.1) is 0 Å². The number of carbonyl (C=O) groups excluding carboxylic acids is 2. The van der Waals surface area contributed by atoms with E-state index >= 15 is 0 Å². The fourth-order valence-corrected chi connectivity index (χ4v) is 2.96. The molecule has 0 radical (unpaired) electrons. The van der Waals surface area contributed by atoms with Crippen LogP contribution in [-0.2, 0) is 6.18 Å². The Bertz CT molecular complexity index is 1310. The Morgan fingerprint density at radius 3 is 2.38 bits per heavy atom. The molecule has 2 heterocycles. The summed E-state index contributed by atoms with van der Waals surface area (Å²) in [6.45, 7) is 0. The third-order valence-electron chi connectivity index (χ3n) is 4.50. The van der Waals surface area contributed by atoms with Crippen molar-refractivity contribution in [2.45, 2.75) is 6.18 Å². The first-order valence-corrected chi connectivity index (χ1v) is 9.25. The lowest BCUT2D eigenvalue weighted by molar-refractivity contribution is -0.140. The number of hydrogen-bond acceptors (Lipinski definition) is 4. The third kappa shape index (κ3) is 4.38. The number of carbonyl (C=O) groups is 2. The summed E-state index contributed by atoms with van der Waals surface area (Å²) in [6.07, 6.45) is -2.48. The number of anilines is 1. The van der Waals surface area contributed by atoms with Crippen LogP contribution >= 0.6 is 0 Å². The number of para-hydroxylation sites is 1. The van der Waals surface area contributed by atoms with E-state index in [2.05, 4.69) is 10.3 Å². The first kappa shape index (κ1) is 20.9. The van der Waals surface area contributed by atoms with E-state index in [4.69, 9.17) is 10.5 Å². The van der Waals surface area contributed by atoms with Gasteiger partial charge in [0.2, 0.25) is 0 Å². The number of rotatable bonds is 5. The highest BCUT2D eigenvalue weighted by atomic mass is 19.4. The molecule has 4 aromatic rings. The molecule has 0 fully saturated rings. The quantitative estimate of drug-likeness (QED) is 0.478. The Labute approximate surface area is 179 Å². The van der Waals surface area contributed by atoms with Crippen LogP contribution < -0.4 is 15.8 Å². The van der Waals surface area contributed by atoms with Gasteiger partial charge in [-0.05, 0) is 48.5 Å². The molecule has 10 heteroatoms. The minimum absolute atomic E-state index is 0.0756. The molecule has 0 aliphatic carbocycles. The molecule has 2 aromatic carbocycles. The number of imidazole rings is 1. The molecule has 0 atom stereocenters. The van der Waals surface area contributed by atoms with Crippen molar-refractivity contribution in [1.82, 2.24) is 9.38 Å². The zero-order valence-corrected chi connectivity index (χ0v) is 16.3. The molecule has 2 amide bonds. The van der Waals surface area contributed by atoms with Gasteiger partial charge in [0.05, 0.1) is 11.1 Å². The van der Waals surface area contributed by atoms with E-state index in [0.29, 0.717) is 17.2 Å². The van der Waals surface area contributed by atoms with Gasteiger partial charge < -0.3 is 20.2 Å². The molecule has 0 bridgehead atoms. The van der Waals surface area contributed by atoms with Crippen LogP contribution in [0, 0.1) is 0 Å². The van der Waals surface area contributed by atoms with Gasteiger partial charge in [0, 0.05) is 18.1 Å². The predicted octanol–water partition coefficient (Wildman–Crippen LogP) is 4.50. The van der Waals surface area contributed by atoms with Crippen molar-refractivity contribution in [2.75, 3.05) is 5.32 Å². The van der Waals surface area contributed by atoms with Gasteiger partial charge in [-0.25, -0.2) is 4.98 Å². The fraction of sp³-hybridized carbons (Fsp3) is 0.0455. The molecular formula is C22H15F3N4O3. The first-order valence-electron chi connectivity index (χ1n) is 9.25. The lowest BCUT2D eigenvalue weighted by atomic mass is 10.2. The minimum Gasteiger partial charge on any atom is -0.457 e. The third-order valence-corrected chi connectivity index (χ3v) is 4.50. The SMILES string of the molecule is NC(=O)c1ccccc1Oc1ccc(NC(=O)c2ccc3nc(C(F)(F)F)cn3c2)cc1. The number of nitrogens with one attached hydrogen (secondary N) is 1. The second-order valence-electron chi connectivity index (χ2n) is 6.75. The van der Waals surface area contributed by atoms with Crippen LogP contribution in [-0.4, -0.2) is 21.2 Å². The zero-order valence-electron chi connectivity index (χ0n) is 16.3. The van der Waals surface area contributed by atoms with Crippen molar-refractivity contribution in [3.8, 4) is 11.5 Å². The van der Waals surface area contributed by atoms with Crippen LogP contribution in [0.4, 0.5) is 18.9 Å². The van der Waals surface area contributed by atoms with Crippen LogP contribution in [0.3, 0.4) is 0 Å². The van der Waals surface area contributed by atoms with E-state index in [9.17, 15) is 22.8 Å². The van der Waals surface area contributed by atoms with Gasteiger partial charge in [0.15, 0.2) is 5.69 Å². The van der Waals surface area contributed by atoms with Crippen LogP contribution in [0.25, 0.3) is 5.65 Å². The van der Waals surface area contributed by atoms with Crippen molar-refractivity contribution in [3.05, 3.63) is 89.9 Å². The summed E-state index contributed by atoms with van der Waals surface area (Å²) in [5, 5.41) is 2.66. The molecule has 0 aliphatic rings. The summed E-state index contributed by atoms with van der Waals surface area (Å²) in [6, 6.07) is 15.6. The number of ether oxygens (including phenoxy) is 1. The standard InChI is InChI=1S/C22H15F3N4O3/c23-22(24,25)18-12-29-11-13(5-10-19(29)28-18)21(31)27-14-6-8-15(9-7-14)32-17-4-2-1-3-16(17)20(26)30/h1-12H,(H2,26,30)(H,27,31). The Hall–Kier alpha value is -4.34. The first-order chi connectivity index (χ1) is 15.2. The van der Waals surface area contributed by atoms with Gasteiger partial charge in [-0.1, -0.05) is 12.1 Å². The van der Waals surface area contributed by atoms with Crippen molar-refractivity contribution in [1.29, 1.82) is 0 Å². The Morgan fingerprint density at radius 1 is 0.969 bits per heavy atom. The van der Waals surface area contributed by atoms with Gasteiger partial charge in [-0.2, -0.15) is 13.2 Å². The van der Waals surface area contributed by atoms with Crippen LogP contribution in [0.5, 0.6) is 11.5 Å². The number of hydrogen-bond donors (Lipinski definition) is 2. The van der Waals surface area contributed by atoms with Gasteiger partial charge in [0.25, 0.3) is 11.8 Å². The van der Waals surface area contributed by atoms with Gasteiger partial charge in [-0.3, -0.25) is 9.59 Å². The number of pyridine rings is 1. The van der Waals surface area contributed by atoms with Crippen molar-refractivity contribution in [2.24, 2.45) is 5.73 Å². The van der Waals surface area contributed by atoms with E-state index in [1.807, 2.05) is 0 Å². The maximum atomic E-state index is 12.8. The molecule has 7 nitrogen and oxygen atoms in total. The van der Waals surface area contributed by atoms with E-state index in [0.717, 1.165) is 10.6 Å². The molecule has 0 saturated carbocycles. The van der Waals surface area contributed by atoms with Crippen LogP contribution in [0.1, 0.15) is 26.4 Å². The summed E-state index contributed by atoms with van der Waals surface area (Å²) in [4.78, 5) is 27.5. The topological polar surface area (TPSA) is 98.7 Å². The number of alkyl halides is 3. The molecule has 0 aliphatic heterocycles. The molecule has 3 N–H and O–H groups in total. The number of nitrogens with two attached hydrogens (primary N) is 1. The highest BCUT2D eigenvalue weighted by Gasteiger charge is 2.33. The zero-order chi connectivity index (χ0) is 22.9. The highest BCUT2D eigenvalue weighted by molar-refractivity contribution is 6.04. The van der Waals surface area contributed by atoms with Crippen LogP contribution in [0.2, 0.25) is 0 Å². The van der Waals surface area contributed by atoms with Gasteiger partial charge in [0.1, 0.15) is 17.1 Å². The highest BCUT2D eigenvalue weighted by Crippen LogP contribution is 2.29. The maximum Gasteiger partial charge on any atom is 0.434 e. The molecule has 4 rings (SSSR count). The molecule has 2 aromatic heterocycles. The maximum absolute atomic E-state index is 12.8. The number of halogens is 3. The normalized spacial score (nSPS) is 11.3. The number of fused-ring (bicyclic) bond motifs is 1. The lowest BCUT2D eigenvalue weighted by Crippen LogP contribution is -2.12. The average molecular weight is 440 g/mol. The summed E-state index contributed by atoms with van der Waals surface area (Å²) < 4.78 is 45.3. The van der Waals surface area contributed by atoms with E-state index in [1.54, 1.807) is 48.5 Å². The molecule has 0 saturated heterocycles. The largest absolute Gasteiger partial charge is 0.457 e. The predicted molar refractivity (Wildman–Crippen MR) is 110 cm³/mol. The second-order valence-corrected chi connectivity index (χ2v) is 6.75. The number of aromatic nitrogens is 2. The van der Waals surface area contributed by atoms with E-state index in [-0.39, 0.29) is 16.8 Å². The molecule has 0 unspecified atom stereocenters. The number of benzene rings is 2. The monoisotopic (exact) mass is 440 g/mol. The molecule has 162 valence electrons. The Morgan fingerprint density at radius 2 is 1.69 bits per heavy atom. The summed E-state index contributed by atoms with van der Waals surface area (Å²) in [5.41, 5.74) is 5.19. The second kappa shape index (κ2) is 8.06. The fourth-order valence-electron chi connectivity index (χ4n) is 2.96. The Balaban J connectivity index is 1.48. The summed E-state index contributed by atoms with van der Waals surface area (Å²) >= 11 is 0.